The number of nitrogen functional groups attached to an aromatic ring is 1. The van der Waals surface area contributed by atoms with Crippen molar-refractivity contribution in [1.82, 2.24) is 40.0 Å². The molecule has 328 valence electrons. The van der Waals surface area contributed by atoms with Gasteiger partial charge in [0.25, 0.3) is 5.56 Å². The zero-order valence-corrected chi connectivity index (χ0v) is 36.6. The minimum atomic E-state index is -0.805. The summed E-state index contributed by atoms with van der Waals surface area (Å²) in [7, 11) is 0. The first-order valence-electron chi connectivity index (χ1n) is 19.5. The molecule has 2 heterocycles. The number of carbonyl (C=O) groups is 4. The highest BCUT2D eigenvalue weighted by Gasteiger charge is 2.26. The Hall–Kier alpha value is -5.75. The number of aromatic nitrogens is 4. The van der Waals surface area contributed by atoms with Crippen molar-refractivity contribution in [1.29, 1.82) is 0 Å². The van der Waals surface area contributed by atoms with Crippen molar-refractivity contribution in [2.24, 2.45) is 0 Å². The summed E-state index contributed by atoms with van der Waals surface area (Å²) in [5.41, 5.74) is 4.09. The fourth-order valence-electron chi connectivity index (χ4n) is 5.33. The van der Waals surface area contributed by atoms with Crippen LogP contribution in [0.3, 0.4) is 0 Å². The smallest absolute Gasteiger partial charge is 0.410 e. The standard InChI is InChI=1S/C40H63N9O10/c1-37(2,3)56-33(51)42-14-17-47(35(53)58-39(7,8)9)23-26-20-27(24-48(36(54)59-40(10,11)12)18-15-43-34(52)57-38(4,5)6)22-28(21-26)55-19-13-16-49-25-44-29-30(49)45-32(41)46-31(29)50/h20-22,25H,13-19,23-24H2,1-12H3,(H,42,51)(H,43,52)(H3,41,45,46,50). The molecule has 0 fully saturated rings. The highest BCUT2D eigenvalue weighted by molar-refractivity contribution is 5.71. The topological polar surface area (TPSA) is 235 Å². The van der Waals surface area contributed by atoms with E-state index in [1.54, 1.807) is 99.8 Å². The zero-order chi connectivity index (χ0) is 44.3. The number of rotatable bonds is 15. The summed E-state index contributed by atoms with van der Waals surface area (Å²) < 4.78 is 30.1. The number of fused-ring (bicyclic) bond motifs is 1. The van der Waals surface area contributed by atoms with Gasteiger partial charge in [-0.3, -0.25) is 9.78 Å². The number of aryl methyl sites for hydroxylation is 1. The molecule has 0 bridgehead atoms. The van der Waals surface area contributed by atoms with Crippen molar-refractivity contribution in [3.05, 3.63) is 46.0 Å². The average Bonchev–Trinajstić information content (AvgIpc) is 3.45. The average molecular weight is 830 g/mol. The van der Waals surface area contributed by atoms with Crippen molar-refractivity contribution in [2.75, 3.05) is 38.5 Å². The number of anilines is 1. The number of nitrogens with two attached hydrogens (primary N) is 1. The van der Waals surface area contributed by atoms with Crippen LogP contribution < -0.4 is 26.7 Å². The number of benzene rings is 1. The zero-order valence-electron chi connectivity index (χ0n) is 36.6. The molecule has 0 unspecified atom stereocenters. The van der Waals surface area contributed by atoms with E-state index in [1.165, 1.54) is 16.1 Å². The number of hydrogen-bond acceptors (Lipinski definition) is 13. The summed E-state index contributed by atoms with van der Waals surface area (Å²) in [4.78, 5) is 77.8. The molecule has 59 heavy (non-hydrogen) atoms. The highest BCUT2D eigenvalue weighted by Crippen LogP contribution is 2.23. The highest BCUT2D eigenvalue weighted by atomic mass is 16.6. The molecular weight excluding hydrogens is 766 g/mol. The number of amides is 4. The van der Waals surface area contributed by atoms with Gasteiger partial charge < -0.3 is 54.4 Å². The molecule has 0 aliphatic carbocycles. The van der Waals surface area contributed by atoms with Crippen LogP contribution in [0.4, 0.5) is 25.1 Å². The Morgan fingerprint density at radius 3 is 1.63 bits per heavy atom. The molecule has 1 aromatic carbocycles. The van der Waals surface area contributed by atoms with Crippen LogP contribution in [-0.4, -0.2) is 109 Å². The molecule has 19 heteroatoms. The summed E-state index contributed by atoms with van der Waals surface area (Å²) >= 11 is 0. The normalized spacial score (nSPS) is 12.1. The van der Waals surface area contributed by atoms with Crippen molar-refractivity contribution in [2.45, 2.75) is 132 Å². The lowest BCUT2D eigenvalue weighted by atomic mass is 10.1. The Labute approximate surface area is 345 Å². The maximum absolute atomic E-state index is 13.5. The van der Waals surface area contributed by atoms with Crippen LogP contribution in [0.25, 0.3) is 11.2 Å². The van der Waals surface area contributed by atoms with Crippen LogP contribution in [0.2, 0.25) is 0 Å². The molecule has 4 amide bonds. The summed E-state index contributed by atoms with van der Waals surface area (Å²) in [5.74, 6) is 0.422. The van der Waals surface area contributed by atoms with Gasteiger partial charge in [-0.05, 0) is 113 Å². The molecule has 3 rings (SSSR count). The number of aromatic amines is 1. The Kier molecular flexibility index (Phi) is 16.0. The van der Waals surface area contributed by atoms with Crippen LogP contribution in [0.1, 0.15) is 101 Å². The molecule has 0 saturated heterocycles. The van der Waals surface area contributed by atoms with Crippen LogP contribution in [-0.2, 0) is 38.6 Å². The van der Waals surface area contributed by atoms with E-state index in [2.05, 4.69) is 25.6 Å². The molecule has 0 aliphatic rings. The van der Waals surface area contributed by atoms with E-state index in [0.29, 0.717) is 35.5 Å². The number of hydrogen-bond donors (Lipinski definition) is 4. The van der Waals surface area contributed by atoms with E-state index in [9.17, 15) is 24.0 Å². The lowest BCUT2D eigenvalue weighted by molar-refractivity contribution is 0.0222. The quantitative estimate of drug-likeness (QED) is 0.107. The molecule has 5 N–H and O–H groups in total. The third-order valence-corrected chi connectivity index (χ3v) is 7.48. The van der Waals surface area contributed by atoms with E-state index < -0.39 is 52.3 Å². The number of carbonyl (C=O) groups excluding carboxylic acids is 4. The monoisotopic (exact) mass is 829 g/mol. The molecule has 3 aromatic rings. The predicted octanol–water partition coefficient (Wildman–Crippen LogP) is 5.69. The maximum Gasteiger partial charge on any atom is 0.410 e. The second kappa shape index (κ2) is 19.8. The number of nitrogens with zero attached hydrogens (tertiary/aromatic N) is 5. The van der Waals surface area contributed by atoms with Gasteiger partial charge in [-0.1, -0.05) is 6.07 Å². The first kappa shape index (κ1) is 47.6. The number of imidazole rings is 1. The van der Waals surface area contributed by atoms with E-state index in [0.717, 1.165) is 0 Å². The number of ether oxygens (including phenoxy) is 5. The number of nitrogens with one attached hydrogen (secondary N) is 3. The number of alkyl carbamates (subject to hydrolysis) is 2. The molecule has 2 aromatic heterocycles. The predicted molar refractivity (Wildman–Crippen MR) is 221 cm³/mol. The Bertz CT molecular complexity index is 1880. The van der Waals surface area contributed by atoms with Gasteiger partial charge in [0, 0.05) is 45.8 Å². The van der Waals surface area contributed by atoms with E-state index >= 15 is 0 Å². The van der Waals surface area contributed by atoms with Crippen LogP contribution in [0, 0.1) is 0 Å². The molecule has 19 nitrogen and oxygen atoms in total. The summed E-state index contributed by atoms with van der Waals surface area (Å²) in [5, 5.41) is 5.37. The third-order valence-electron chi connectivity index (χ3n) is 7.48. The van der Waals surface area contributed by atoms with E-state index in [4.69, 9.17) is 29.4 Å². The molecule has 0 spiro atoms. The second-order valence-electron chi connectivity index (χ2n) is 17.9. The van der Waals surface area contributed by atoms with Gasteiger partial charge in [-0.2, -0.15) is 4.98 Å². The van der Waals surface area contributed by atoms with Crippen molar-refractivity contribution >= 4 is 41.5 Å². The minimum absolute atomic E-state index is 0.0214. The fourth-order valence-corrected chi connectivity index (χ4v) is 5.33. The lowest BCUT2D eigenvalue weighted by Gasteiger charge is -2.29. The molecule has 0 radical (unpaired) electrons. The lowest BCUT2D eigenvalue weighted by Crippen LogP contribution is -2.42. The van der Waals surface area contributed by atoms with E-state index in [-0.39, 0.29) is 57.3 Å². The first-order valence-corrected chi connectivity index (χ1v) is 19.5. The van der Waals surface area contributed by atoms with Crippen LogP contribution in [0.5, 0.6) is 5.75 Å². The SMILES string of the molecule is CC(C)(C)OC(=O)NCCN(Cc1cc(CN(CCNC(=O)OC(C)(C)C)C(=O)OC(C)(C)C)cc(OCCCn2cnc3c(=O)[nH]c(N)nc32)c1)C(=O)OC(C)(C)C. The van der Waals surface area contributed by atoms with Gasteiger partial charge in [0.2, 0.25) is 5.95 Å². The van der Waals surface area contributed by atoms with E-state index in [1.807, 2.05) is 6.07 Å². The number of H-pyrrole nitrogens is 1. The molecular formula is C40H63N9O10. The Morgan fingerprint density at radius 1 is 0.729 bits per heavy atom. The van der Waals surface area contributed by atoms with Gasteiger partial charge in [0.15, 0.2) is 11.2 Å². The molecule has 0 saturated carbocycles. The van der Waals surface area contributed by atoms with Gasteiger partial charge >= 0.3 is 24.4 Å². The summed E-state index contributed by atoms with van der Waals surface area (Å²) in [6, 6.07) is 5.38. The van der Waals surface area contributed by atoms with Crippen LogP contribution >= 0.6 is 0 Å². The summed E-state index contributed by atoms with van der Waals surface area (Å²) in [6.07, 6.45) is -0.479. The molecule has 0 atom stereocenters. The van der Waals surface area contributed by atoms with Gasteiger partial charge in [0.05, 0.1) is 12.9 Å². The largest absolute Gasteiger partial charge is 0.494 e. The minimum Gasteiger partial charge on any atom is -0.494 e. The Morgan fingerprint density at radius 2 is 1.19 bits per heavy atom. The van der Waals surface area contributed by atoms with Gasteiger partial charge in [-0.25, -0.2) is 24.2 Å². The van der Waals surface area contributed by atoms with Crippen molar-refractivity contribution in [3.63, 3.8) is 0 Å². The van der Waals surface area contributed by atoms with Gasteiger partial charge in [0.1, 0.15) is 28.2 Å². The van der Waals surface area contributed by atoms with Crippen molar-refractivity contribution in [3.8, 4) is 5.75 Å². The van der Waals surface area contributed by atoms with Crippen LogP contribution in [0.15, 0.2) is 29.3 Å². The molecule has 0 aliphatic heterocycles. The summed E-state index contributed by atoms with van der Waals surface area (Å²) in [6.45, 7) is 22.1. The first-order chi connectivity index (χ1) is 27.2. The third kappa shape index (κ3) is 17.7. The van der Waals surface area contributed by atoms with Crippen molar-refractivity contribution < 1.29 is 42.9 Å². The Balaban J connectivity index is 1.92. The van der Waals surface area contributed by atoms with Gasteiger partial charge in [-0.15, -0.1) is 0 Å². The fraction of sp³-hybridized carbons (Fsp3) is 0.625. The maximum atomic E-state index is 13.5. The second-order valence-corrected chi connectivity index (χ2v) is 17.9.